The Balaban J connectivity index is 2.24. The normalized spacial score (nSPS) is 29.1. The van der Waals surface area contributed by atoms with Crippen LogP contribution in [-0.4, -0.2) is 12.2 Å². The van der Waals surface area contributed by atoms with Gasteiger partial charge in [-0.3, -0.25) is 0 Å². The molecule has 1 saturated heterocycles. The lowest BCUT2D eigenvalue weighted by molar-refractivity contribution is 0.274. The van der Waals surface area contributed by atoms with Gasteiger partial charge in [-0.2, -0.15) is 0 Å². The Labute approximate surface area is 82.9 Å². The zero-order valence-corrected chi connectivity index (χ0v) is 9.98. The molecule has 0 amide bonds. The second-order valence-electron chi connectivity index (χ2n) is 6.74. The monoisotopic (exact) mass is 184 g/mol. The van der Waals surface area contributed by atoms with E-state index in [-0.39, 0.29) is 0 Å². The van der Waals surface area contributed by atoms with Crippen LogP contribution in [0.4, 0.5) is 0 Å². The molecule has 0 spiro atoms. The summed E-state index contributed by atoms with van der Waals surface area (Å²) in [6, 6.07) is 0. The molecule has 0 bridgehead atoms. The highest BCUT2D eigenvalue weighted by Gasteiger charge is 2.42. The first-order chi connectivity index (χ1) is 5.67. The summed E-state index contributed by atoms with van der Waals surface area (Å²) in [5, 5.41) is 0. The fraction of sp³-hybridized carbons (Fsp3) is 1.00. The summed E-state index contributed by atoms with van der Waals surface area (Å²) in [5.41, 5.74) is 0.828. The lowest BCUT2D eigenvalue weighted by Gasteiger charge is -2.18. The van der Waals surface area contributed by atoms with Crippen LogP contribution >= 0.6 is 0 Å². The van der Waals surface area contributed by atoms with E-state index in [0.717, 1.165) is 0 Å². The van der Waals surface area contributed by atoms with E-state index < -0.39 is 0 Å². The van der Waals surface area contributed by atoms with Crippen molar-refractivity contribution in [3.05, 3.63) is 0 Å². The molecule has 0 saturated carbocycles. The van der Waals surface area contributed by atoms with Crippen LogP contribution in [0.25, 0.3) is 0 Å². The summed E-state index contributed by atoms with van der Waals surface area (Å²) in [6.07, 6.45) is 3.49. The van der Waals surface area contributed by atoms with Crippen molar-refractivity contribution in [1.29, 1.82) is 0 Å². The summed E-state index contributed by atoms with van der Waals surface area (Å²) in [7, 11) is 0. The maximum Gasteiger partial charge on any atom is 0.0847 e. The molecular weight excluding hydrogens is 160 g/mol. The third-order valence-corrected chi connectivity index (χ3v) is 2.31. The largest absolute Gasteiger partial charge is 0.370 e. The SMILES string of the molecule is CC(C)(C)C[C@@H]1O[C@H]1CC(C)(C)C. The van der Waals surface area contributed by atoms with Gasteiger partial charge in [0.25, 0.3) is 0 Å². The summed E-state index contributed by atoms with van der Waals surface area (Å²) in [5.74, 6) is 0. The Bertz CT molecular complexity index is 151. The number of hydrogen-bond acceptors (Lipinski definition) is 1. The molecule has 1 fully saturated rings. The molecule has 0 unspecified atom stereocenters. The molecule has 1 heterocycles. The quantitative estimate of drug-likeness (QED) is 0.597. The number of rotatable bonds is 2. The Hall–Kier alpha value is -0.0400. The van der Waals surface area contributed by atoms with Gasteiger partial charge in [-0.05, 0) is 23.7 Å². The second kappa shape index (κ2) is 3.27. The van der Waals surface area contributed by atoms with Crippen LogP contribution in [0.2, 0.25) is 0 Å². The lowest BCUT2D eigenvalue weighted by Crippen LogP contribution is -2.14. The van der Waals surface area contributed by atoms with Crippen molar-refractivity contribution < 1.29 is 4.74 Å². The molecule has 1 aliphatic heterocycles. The predicted octanol–water partition coefficient (Wildman–Crippen LogP) is 3.63. The summed E-state index contributed by atoms with van der Waals surface area (Å²) >= 11 is 0. The van der Waals surface area contributed by atoms with Gasteiger partial charge >= 0.3 is 0 Å². The van der Waals surface area contributed by atoms with E-state index in [1.165, 1.54) is 12.8 Å². The molecular formula is C12H24O. The van der Waals surface area contributed by atoms with E-state index in [4.69, 9.17) is 4.74 Å². The molecule has 0 aromatic heterocycles. The molecule has 13 heavy (non-hydrogen) atoms. The predicted molar refractivity (Wildman–Crippen MR) is 56.8 cm³/mol. The van der Waals surface area contributed by atoms with Crippen LogP contribution in [0.3, 0.4) is 0 Å². The Morgan fingerprint density at radius 2 is 1.08 bits per heavy atom. The lowest BCUT2D eigenvalue weighted by atomic mass is 9.85. The first-order valence-corrected chi connectivity index (χ1v) is 5.33. The van der Waals surface area contributed by atoms with Crippen LogP contribution < -0.4 is 0 Å². The Morgan fingerprint density at radius 1 is 0.769 bits per heavy atom. The zero-order valence-electron chi connectivity index (χ0n) is 9.98. The summed E-state index contributed by atoms with van der Waals surface area (Å²) < 4.78 is 5.67. The van der Waals surface area contributed by atoms with Crippen molar-refractivity contribution in [2.75, 3.05) is 0 Å². The minimum absolute atomic E-state index is 0.414. The molecule has 1 nitrogen and oxygen atoms in total. The fourth-order valence-electron chi connectivity index (χ4n) is 1.75. The second-order valence-corrected chi connectivity index (χ2v) is 6.74. The molecule has 0 aliphatic carbocycles. The number of ether oxygens (including phenoxy) is 1. The van der Waals surface area contributed by atoms with E-state index in [1.807, 2.05) is 0 Å². The first kappa shape index (κ1) is 11.0. The first-order valence-electron chi connectivity index (χ1n) is 5.33. The molecule has 78 valence electrons. The highest BCUT2D eigenvalue weighted by atomic mass is 16.6. The molecule has 1 heteroatoms. The van der Waals surface area contributed by atoms with Gasteiger partial charge in [0.05, 0.1) is 12.2 Å². The molecule has 0 N–H and O–H groups in total. The van der Waals surface area contributed by atoms with Crippen LogP contribution in [0, 0.1) is 10.8 Å². The van der Waals surface area contributed by atoms with Gasteiger partial charge in [0.2, 0.25) is 0 Å². The van der Waals surface area contributed by atoms with Gasteiger partial charge in [0.15, 0.2) is 0 Å². The van der Waals surface area contributed by atoms with Crippen molar-refractivity contribution in [2.24, 2.45) is 10.8 Å². The van der Waals surface area contributed by atoms with E-state index in [2.05, 4.69) is 41.5 Å². The Kier molecular flexibility index (Phi) is 2.78. The topological polar surface area (TPSA) is 12.5 Å². The third-order valence-electron chi connectivity index (χ3n) is 2.31. The van der Waals surface area contributed by atoms with Crippen molar-refractivity contribution >= 4 is 0 Å². The number of hydrogen-bond donors (Lipinski definition) is 0. The zero-order chi connectivity index (χ0) is 10.3. The van der Waals surface area contributed by atoms with E-state index in [1.54, 1.807) is 0 Å². The van der Waals surface area contributed by atoms with Gasteiger partial charge < -0.3 is 4.74 Å². The third kappa shape index (κ3) is 4.66. The fourth-order valence-corrected chi connectivity index (χ4v) is 1.75. The minimum Gasteiger partial charge on any atom is -0.370 e. The maximum absolute atomic E-state index is 5.67. The van der Waals surface area contributed by atoms with Crippen molar-refractivity contribution in [3.63, 3.8) is 0 Å². The van der Waals surface area contributed by atoms with E-state index >= 15 is 0 Å². The van der Waals surface area contributed by atoms with Gasteiger partial charge in [0.1, 0.15) is 0 Å². The Morgan fingerprint density at radius 3 is 1.31 bits per heavy atom. The van der Waals surface area contributed by atoms with Crippen LogP contribution in [0.15, 0.2) is 0 Å². The van der Waals surface area contributed by atoms with Gasteiger partial charge in [-0.15, -0.1) is 0 Å². The van der Waals surface area contributed by atoms with Gasteiger partial charge in [-0.25, -0.2) is 0 Å². The summed E-state index contributed by atoms with van der Waals surface area (Å²) in [6.45, 7) is 13.7. The summed E-state index contributed by atoms with van der Waals surface area (Å²) in [4.78, 5) is 0. The average molecular weight is 184 g/mol. The highest BCUT2D eigenvalue weighted by molar-refractivity contribution is 4.90. The van der Waals surface area contributed by atoms with Crippen LogP contribution in [0.5, 0.6) is 0 Å². The number of epoxide rings is 1. The van der Waals surface area contributed by atoms with Crippen molar-refractivity contribution in [1.82, 2.24) is 0 Å². The molecule has 1 aliphatic rings. The van der Waals surface area contributed by atoms with E-state index in [9.17, 15) is 0 Å². The molecule has 2 atom stereocenters. The van der Waals surface area contributed by atoms with Crippen molar-refractivity contribution in [2.45, 2.75) is 66.6 Å². The van der Waals surface area contributed by atoms with Crippen LogP contribution in [-0.2, 0) is 4.74 Å². The molecule has 0 aromatic rings. The molecule has 0 aromatic carbocycles. The van der Waals surface area contributed by atoms with Crippen molar-refractivity contribution in [3.8, 4) is 0 Å². The van der Waals surface area contributed by atoms with Crippen LogP contribution in [0.1, 0.15) is 54.4 Å². The minimum atomic E-state index is 0.414. The maximum atomic E-state index is 5.67. The highest BCUT2D eigenvalue weighted by Crippen LogP contribution is 2.39. The molecule has 0 radical (unpaired) electrons. The average Bonchev–Trinajstić information content (AvgIpc) is 2.36. The van der Waals surface area contributed by atoms with Gasteiger partial charge in [0, 0.05) is 0 Å². The van der Waals surface area contributed by atoms with Gasteiger partial charge in [-0.1, -0.05) is 41.5 Å². The van der Waals surface area contributed by atoms with E-state index in [0.29, 0.717) is 23.0 Å². The smallest absolute Gasteiger partial charge is 0.0847 e. The molecule has 1 rings (SSSR count). The standard InChI is InChI=1S/C12H24O/c1-11(2,3)7-9-10(13-9)8-12(4,5)6/h9-10H,7-8H2,1-6H3/t9-,10-/m0/s1.